The van der Waals surface area contributed by atoms with E-state index in [9.17, 15) is 4.79 Å². The van der Waals surface area contributed by atoms with Crippen LogP contribution in [0, 0.1) is 0 Å². The van der Waals surface area contributed by atoms with E-state index in [1.165, 1.54) is 5.56 Å². The Kier molecular flexibility index (Phi) is 4.45. The lowest BCUT2D eigenvalue weighted by atomic mass is 10.2. The maximum absolute atomic E-state index is 11.1. The molecule has 0 saturated heterocycles. The van der Waals surface area contributed by atoms with E-state index in [0.29, 0.717) is 11.5 Å². The van der Waals surface area contributed by atoms with Gasteiger partial charge < -0.3 is 16.8 Å². The Morgan fingerprint density at radius 3 is 2.62 bits per heavy atom. The van der Waals surface area contributed by atoms with Crippen molar-refractivity contribution in [1.29, 1.82) is 0 Å². The topological polar surface area (TPSA) is 94.0 Å². The third-order valence-corrected chi connectivity index (χ3v) is 3.47. The van der Waals surface area contributed by atoms with E-state index in [2.05, 4.69) is 10.3 Å². The summed E-state index contributed by atoms with van der Waals surface area (Å²) in [5.74, 6) is 0.735. The first kappa shape index (κ1) is 15.3. The number of carbonyl (C=O) groups is 1. The maximum Gasteiger partial charge on any atom is 0.248 e. The number of nitrogens with two attached hydrogens (primary N) is 2. The fourth-order valence-electron chi connectivity index (χ4n) is 2.19. The zero-order valence-corrected chi connectivity index (χ0v) is 12.1. The maximum atomic E-state index is 11.1. The Bertz CT molecular complexity index is 644. The molecular formula is C15H17ClN4O. The van der Waals surface area contributed by atoms with Crippen LogP contribution in [0.1, 0.15) is 28.3 Å². The van der Waals surface area contributed by atoms with Crippen molar-refractivity contribution in [2.24, 2.45) is 11.5 Å². The highest BCUT2D eigenvalue weighted by Gasteiger charge is 2.34. The number of pyridine rings is 1. The van der Waals surface area contributed by atoms with Crippen LogP contribution in [0.25, 0.3) is 0 Å². The molecule has 2 aromatic rings. The predicted octanol–water partition coefficient (Wildman–Crippen LogP) is 2.16. The number of aromatic nitrogens is 1. The molecule has 1 aromatic heterocycles. The summed E-state index contributed by atoms with van der Waals surface area (Å²) in [5.41, 5.74) is 13.5. The Morgan fingerprint density at radius 1 is 1.29 bits per heavy atom. The number of amides is 1. The summed E-state index contributed by atoms with van der Waals surface area (Å²) in [4.78, 5) is 15.5. The lowest BCUT2D eigenvalue weighted by molar-refractivity contribution is 0.100. The van der Waals surface area contributed by atoms with Crippen molar-refractivity contribution >= 4 is 29.8 Å². The Hall–Kier alpha value is -2.11. The van der Waals surface area contributed by atoms with Crippen LogP contribution in [0.2, 0.25) is 0 Å². The molecule has 5 nitrogen and oxygen atoms in total. The molecule has 0 bridgehead atoms. The molecule has 1 aromatic carbocycles. The first-order chi connectivity index (χ1) is 9.63. The third-order valence-electron chi connectivity index (χ3n) is 3.47. The lowest BCUT2D eigenvalue weighted by Crippen LogP contribution is -2.10. The number of carbonyl (C=O) groups excluding carboxylic acids is 1. The Balaban J connectivity index is 0.00000161. The third kappa shape index (κ3) is 3.51. The van der Waals surface area contributed by atoms with Gasteiger partial charge in [0.25, 0.3) is 0 Å². The van der Waals surface area contributed by atoms with E-state index in [0.717, 1.165) is 17.9 Å². The van der Waals surface area contributed by atoms with Crippen LogP contribution in [0.5, 0.6) is 0 Å². The van der Waals surface area contributed by atoms with Gasteiger partial charge in [-0.05, 0) is 36.2 Å². The van der Waals surface area contributed by atoms with Gasteiger partial charge in [-0.1, -0.05) is 12.1 Å². The Morgan fingerprint density at radius 2 is 2.05 bits per heavy atom. The van der Waals surface area contributed by atoms with Crippen molar-refractivity contribution in [3.05, 3.63) is 53.7 Å². The molecule has 21 heavy (non-hydrogen) atoms. The molecule has 0 aliphatic heterocycles. The van der Waals surface area contributed by atoms with E-state index >= 15 is 0 Å². The van der Waals surface area contributed by atoms with E-state index < -0.39 is 5.91 Å². The van der Waals surface area contributed by atoms with Crippen molar-refractivity contribution < 1.29 is 4.79 Å². The number of primary amides is 1. The van der Waals surface area contributed by atoms with Crippen LogP contribution in [0.4, 0.5) is 11.5 Å². The van der Waals surface area contributed by atoms with Crippen molar-refractivity contribution in [3.63, 3.8) is 0 Å². The lowest BCUT2D eigenvalue weighted by Gasteiger charge is -2.07. The number of nitrogens with one attached hydrogen (secondary N) is 1. The molecule has 1 aliphatic rings. The summed E-state index contributed by atoms with van der Waals surface area (Å²) in [6, 6.07) is 11.2. The van der Waals surface area contributed by atoms with Gasteiger partial charge in [-0.15, -0.1) is 12.4 Å². The minimum absolute atomic E-state index is 0. The van der Waals surface area contributed by atoms with Gasteiger partial charge in [-0.3, -0.25) is 4.79 Å². The zero-order valence-electron chi connectivity index (χ0n) is 11.3. The number of hydrogen-bond acceptors (Lipinski definition) is 4. The van der Waals surface area contributed by atoms with Gasteiger partial charge in [-0.2, -0.15) is 0 Å². The molecule has 6 heteroatoms. The first-order valence-corrected chi connectivity index (χ1v) is 6.52. The molecule has 1 amide bonds. The average molecular weight is 305 g/mol. The number of nitrogens with zero attached hydrogens (tertiary/aromatic N) is 1. The summed E-state index contributed by atoms with van der Waals surface area (Å²) in [6.07, 6.45) is 2.88. The second-order valence-corrected chi connectivity index (χ2v) is 5.05. The smallest absolute Gasteiger partial charge is 0.248 e. The van der Waals surface area contributed by atoms with Crippen molar-refractivity contribution in [1.82, 2.24) is 4.98 Å². The average Bonchev–Trinajstić information content (AvgIpc) is 3.17. The second-order valence-electron chi connectivity index (χ2n) is 5.05. The van der Waals surface area contributed by atoms with E-state index in [4.69, 9.17) is 11.5 Å². The van der Waals surface area contributed by atoms with E-state index in [-0.39, 0.29) is 18.4 Å². The number of anilines is 2. The van der Waals surface area contributed by atoms with Crippen LogP contribution in [0.3, 0.4) is 0 Å². The predicted molar refractivity (Wildman–Crippen MR) is 85.1 cm³/mol. The second kappa shape index (κ2) is 6.11. The van der Waals surface area contributed by atoms with Crippen LogP contribution >= 0.6 is 12.4 Å². The quantitative estimate of drug-likeness (QED) is 0.807. The molecule has 1 aliphatic carbocycles. The Labute approximate surface area is 129 Å². The standard InChI is InChI=1S/C15H16N4O.ClH/c16-13-7-12(13)10-4-5-14(18-8-10)19-11-3-1-2-9(6-11)15(17)20;/h1-6,8,12-13H,7,16H2,(H2,17,20)(H,18,19);1H/t12-,13+;/m1./s1. The highest BCUT2D eigenvalue weighted by Crippen LogP contribution is 2.38. The molecule has 0 unspecified atom stereocenters. The fourth-order valence-corrected chi connectivity index (χ4v) is 2.19. The molecule has 5 N–H and O–H groups in total. The summed E-state index contributed by atoms with van der Waals surface area (Å²) in [6.45, 7) is 0. The summed E-state index contributed by atoms with van der Waals surface area (Å²) < 4.78 is 0. The van der Waals surface area contributed by atoms with Crippen LogP contribution in [-0.4, -0.2) is 16.9 Å². The van der Waals surface area contributed by atoms with Gasteiger partial charge >= 0.3 is 0 Å². The van der Waals surface area contributed by atoms with Crippen molar-refractivity contribution in [2.45, 2.75) is 18.4 Å². The molecule has 2 atom stereocenters. The molecule has 0 radical (unpaired) electrons. The molecule has 1 heterocycles. The highest BCUT2D eigenvalue weighted by atomic mass is 35.5. The van der Waals surface area contributed by atoms with Gasteiger partial charge in [0.1, 0.15) is 5.82 Å². The molecular weight excluding hydrogens is 288 g/mol. The number of hydrogen-bond donors (Lipinski definition) is 3. The normalized spacial score (nSPS) is 19.5. The molecule has 0 spiro atoms. The highest BCUT2D eigenvalue weighted by molar-refractivity contribution is 5.93. The van der Waals surface area contributed by atoms with Crippen LogP contribution in [0.15, 0.2) is 42.6 Å². The number of benzene rings is 1. The minimum Gasteiger partial charge on any atom is -0.366 e. The van der Waals surface area contributed by atoms with E-state index in [1.807, 2.05) is 24.4 Å². The van der Waals surface area contributed by atoms with Gasteiger partial charge in [0, 0.05) is 29.4 Å². The van der Waals surface area contributed by atoms with Gasteiger partial charge in [-0.25, -0.2) is 4.98 Å². The molecule has 1 saturated carbocycles. The zero-order chi connectivity index (χ0) is 14.1. The summed E-state index contributed by atoms with van der Waals surface area (Å²) in [7, 11) is 0. The van der Waals surface area contributed by atoms with E-state index in [1.54, 1.807) is 18.2 Å². The number of halogens is 1. The van der Waals surface area contributed by atoms with Crippen LogP contribution in [-0.2, 0) is 0 Å². The molecule has 3 rings (SSSR count). The summed E-state index contributed by atoms with van der Waals surface area (Å²) >= 11 is 0. The van der Waals surface area contributed by atoms with Gasteiger partial charge in [0.05, 0.1) is 0 Å². The van der Waals surface area contributed by atoms with Crippen molar-refractivity contribution in [2.75, 3.05) is 5.32 Å². The van der Waals surface area contributed by atoms with Gasteiger partial charge in [0.15, 0.2) is 0 Å². The largest absolute Gasteiger partial charge is 0.366 e. The minimum atomic E-state index is -0.445. The fraction of sp³-hybridized carbons (Fsp3) is 0.200. The molecule has 1 fully saturated rings. The number of rotatable bonds is 4. The van der Waals surface area contributed by atoms with Crippen molar-refractivity contribution in [3.8, 4) is 0 Å². The SMILES string of the molecule is Cl.NC(=O)c1cccc(Nc2ccc([C@H]3C[C@@H]3N)cn2)c1. The molecule has 110 valence electrons. The first-order valence-electron chi connectivity index (χ1n) is 6.52. The summed E-state index contributed by atoms with van der Waals surface area (Å²) in [5, 5.41) is 3.15. The monoisotopic (exact) mass is 304 g/mol. The van der Waals surface area contributed by atoms with Crippen LogP contribution < -0.4 is 16.8 Å². The van der Waals surface area contributed by atoms with Gasteiger partial charge in [0.2, 0.25) is 5.91 Å².